The van der Waals surface area contributed by atoms with Gasteiger partial charge in [-0.15, -0.1) is 0 Å². The highest BCUT2D eigenvalue weighted by Crippen LogP contribution is 2.35. The summed E-state index contributed by atoms with van der Waals surface area (Å²) < 4.78 is 39.0. The minimum absolute atomic E-state index is 0.102. The summed E-state index contributed by atoms with van der Waals surface area (Å²) >= 11 is 5.98. The third kappa shape index (κ3) is 2.54. The highest BCUT2D eigenvalue weighted by molar-refractivity contribution is 6.35. The molecule has 3 aromatic heterocycles. The molecule has 0 N–H and O–H groups in total. The van der Waals surface area contributed by atoms with Gasteiger partial charge in [-0.05, 0) is 30.3 Å². The lowest BCUT2D eigenvalue weighted by Gasteiger charge is -2.11. The highest BCUT2D eigenvalue weighted by atomic mass is 35.5. The van der Waals surface area contributed by atoms with Crippen LogP contribution in [0.25, 0.3) is 22.4 Å². The molecule has 21 heavy (non-hydrogen) atoms. The van der Waals surface area contributed by atoms with Crippen LogP contribution in [0.5, 0.6) is 0 Å². The molecule has 0 spiro atoms. The largest absolute Gasteiger partial charge is 0.418 e. The quantitative estimate of drug-likeness (QED) is 0.670. The smallest absolute Gasteiger partial charge is 0.254 e. The summed E-state index contributed by atoms with van der Waals surface area (Å²) in [5.41, 5.74) is -0.684. The fraction of sp³-hybridized carbons (Fsp3) is 0.0714. The summed E-state index contributed by atoms with van der Waals surface area (Å²) in [5.74, 6) is 0. The summed E-state index contributed by atoms with van der Waals surface area (Å²) in [5, 5.41) is 1.02. The zero-order valence-electron chi connectivity index (χ0n) is 10.4. The molecular weight excluding hydrogens is 303 g/mol. The molecule has 3 aromatic rings. The second-order valence-corrected chi connectivity index (χ2v) is 4.66. The Kier molecular flexibility index (Phi) is 3.25. The van der Waals surface area contributed by atoms with Crippen molar-refractivity contribution < 1.29 is 13.2 Å². The summed E-state index contributed by atoms with van der Waals surface area (Å²) in [6, 6.07) is 6.84. The zero-order chi connectivity index (χ0) is 15.0. The molecule has 0 unspecified atom stereocenters. The molecule has 3 rings (SSSR count). The van der Waals surface area contributed by atoms with Gasteiger partial charge in [0.2, 0.25) is 0 Å². The summed E-state index contributed by atoms with van der Waals surface area (Å²) in [6.45, 7) is 0. The van der Waals surface area contributed by atoms with Crippen LogP contribution in [-0.2, 0) is 6.18 Å². The van der Waals surface area contributed by atoms with E-state index in [1.54, 1.807) is 12.1 Å². The first-order chi connectivity index (χ1) is 9.97. The minimum Gasteiger partial charge on any atom is -0.254 e. The lowest BCUT2D eigenvalue weighted by Crippen LogP contribution is -2.08. The van der Waals surface area contributed by atoms with Crippen LogP contribution in [0, 0.1) is 0 Å². The summed E-state index contributed by atoms with van der Waals surface area (Å²) in [4.78, 5) is 11.9. The van der Waals surface area contributed by atoms with Crippen molar-refractivity contribution in [2.75, 3.05) is 0 Å². The third-order valence-electron chi connectivity index (χ3n) is 2.91. The molecule has 0 aliphatic heterocycles. The summed E-state index contributed by atoms with van der Waals surface area (Å²) in [7, 11) is 0. The molecule has 0 radical (unpaired) electrons. The van der Waals surface area contributed by atoms with Gasteiger partial charge in [0.15, 0.2) is 5.65 Å². The van der Waals surface area contributed by atoms with Crippen LogP contribution in [0.1, 0.15) is 5.56 Å². The van der Waals surface area contributed by atoms with Gasteiger partial charge in [-0.3, -0.25) is 4.98 Å². The molecule has 106 valence electrons. The van der Waals surface area contributed by atoms with E-state index in [4.69, 9.17) is 11.6 Å². The van der Waals surface area contributed by atoms with E-state index >= 15 is 0 Å². The number of fused-ring (bicyclic) bond motifs is 1. The minimum atomic E-state index is -4.50. The Morgan fingerprint density at radius 2 is 1.76 bits per heavy atom. The maximum Gasteiger partial charge on any atom is 0.418 e. The molecule has 7 heteroatoms. The van der Waals surface area contributed by atoms with Gasteiger partial charge in [-0.25, -0.2) is 9.97 Å². The number of hydrogen-bond donors (Lipinski definition) is 0. The van der Waals surface area contributed by atoms with Crippen molar-refractivity contribution in [3.8, 4) is 11.4 Å². The Morgan fingerprint density at radius 1 is 0.952 bits per heavy atom. The number of nitrogens with zero attached hydrogens (tertiary/aromatic N) is 3. The number of alkyl halides is 3. The molecule has 0 saturated heterocycles. The Morgan fingerprint density at radius 3 is 2.52 bits per heavy atom. The lowest BCUT2D eigenvalue weighted by atomic mass is 10.1. The predicted octanol–water partition coefficient (Wildman–Crippen LogP) is 4.36. The van der Waals surface area contributed by atoms with E-state index in [0.29, 0.717) is 10.4 Å². The lowest BCUT2D eigenvalue weighted by molar-refractivity contribution is -0.137. The van der Waals surface area contributed by atoms with E-state index in [1.807, 2.05) is 0 Å². The molecular formula is C14H7ClF3N3. The average Bonchev–Trinajstić information content (AvgIpc) is 2.46. The van der Waals surface area contributed by atoms with Crippen molar-refractivity contribution >= 4 is 22.6 Å². The Labute approximate surface area is 122 Å². The molecule has 0 aliphatic rings. The second-order valence-electron chi connectivity index (χ2n) is 4.26. The first-order valence-electron chi connectivity index (χ1n) is 5.90. The van der Waals surface area contributed by atoms with Gasteiger partial charge in [-0.2, -0.15) is 13.2 Å². The van der Waals surface area contributed by atoms with E-state index < -0.39 is 11.7 Å². The van der Waals surface area contributed by atoms with Crippen molar-refractivity contribution in [2.24, 2.45) is 0 Å². The SMILES string of the molecule is FC(F)(F)c1cccnc1-c1ccc2c(Cl)ccnc2n1. The normalized spacial score (nSPS) is 11.8. The number of aromatic nitrogens is 3. The van der Waals surface area contributed by atoms with Crippen LogP contribution in [0.2, 0.25) is 5.02 Å². The fourth-order valence-corrected chi connectivity index (χ4v) is 2.17. The van der Waals surface area contributed by atoms with Gasteiger partial charge in [0, 0.05) is 17.8 Å². The van der Waals surface area contributed by atoms with Crippen molar-refractivity contribution in [1.29, 1.82) is 0 Å². The van der Waals surface area contributed by atoms with Crippen LogP contribution < -0.4 is 0 Å². The van der Waals surface area contributed by atoms with Crippen LogP contribution in [0.15, 0.2) is 42.7 Å². The van der Waals surface area contributed by atoms with E-state index in [9.17, 15) is 13.2 Å². The maximum atomic E-state index is 13.0. The first-order valence-corrected chi connectivity index (χ1v) is 6.28. The maximum absolute atomic E-state index is 13.0. The number of halogens is 4. The fourth-order valence-electron chi connectivity index (χ4n) is 1.97. The number of hydrogen-bond acceptors (Lipinski definition) is 3. The first kappa shape index (κ1) is 13.8. The van der Waals surface area contributed by atoms with Crippen molar-refractivity contribution in [2.45, 2.75) is 6.18 Å². The molecule has 0 amide bonds. The number of pyridine rings is 3. The van der Waals surface area contributed by atoms with Gasteiger partial charge >= 0.3 is 6.18 Å². The molecule has 0 bridgehead atoms. The van der Waals surface area contributed by atoms with E-state index in [-0.39, 0.29) is 17.0 Å². The molecule has 3 heterocycles. The zero-order valence-corrected chi connectivity index (χ0v) is 11.2. The average molecular weight is 310 g/mol. The van der Waals surface area contributed by atoms with Crippen LogP contribution in [-0.4, -0.2) is 15.0 Å². The van der Waals surface area contributed by atoms with Gasteiger partial charge in [0.1, 0.15) is 5.69 Å². The monoisotopic (exact) mass is 309 g/mol. The van der Waals surface area contributed by atoms with Gasteiger partial charge in [0.25, 0.3) is 0 Å². The molecule has 3 nitrogen and oxygen atoms in total. The van der Waals surface area contributed by atoms with E-state index in [1.165, 1.54) is 24.5 Å². The van der Waals surface area contributed by atoms with Crippen molar-refractivity contribution in [3.63, 3.8) is 0 Å². The number of rotatable bonds is 1. The predicted molar refractivity (Wildman–Crippen MR) is 72.8 cm³/mol. The van der Waals surface area contributed by atoms with Crippen LogP contribution in [0.3, 0.4) is 0 Å². The van der Waals surface area contributed by atoms with Crippen molar-refractivity contribution in [1.82, 2.24) is 15.0 Å². The Balaban J connectivity index is 2.22. The molecule has 0 aromatic carbocycles. The standard InChI is InChI=1S/C14H7ClF3N3/c15-10-5-7-20-13-8(10)3-4-11(21-13)12-9(14(16,17)18)2-1-6-19-12/h1-7H. The summed E-state index contributed by atoms with van der Waals surface area (Å²) in [6.07, 6.45) is -1.76. The molecule has 0 fully saturated rings. The Hall–Kier alpha value is -2.21. The highest BCUT2D eigenvalue weighted by Gasteiger charge is 2.34. The molecule has 0 aliphatic carbocycles. The van der Waals surface area contributed by atoms with Gasteiger partial charge < -0.3 is 0 Å². The van der Waals surface area contributed by atoms with Crippen LogP contribution >= 0.6 is 11.6 Å². The van der Waals surface area contributed by atoms with Gasteiger partial charge in [-0.1, -0.05) is 11.6 Å². The van der Waals surface area contributed by atoms with E-state index in [2.05, 4.69) is 15.0 Å². The second kappa shape index (κ2) is 4.96. The van der Waals surface area contributed by atoms with Crippen molar-refractivity contribution in [3.05, 3.63) is 53.3 Å². The third-order valence-corrected chi connectivity index (χ3v) is 3.24. The van der Waals surface area contributed by atoms with Crippen LogP contribution in [0.4, 0.5) is 13.2 Å². The van der Waals surface area contributed by atoms with Gasteiger partial charge in [0.05, 0.1) is 16.3 Å². The molecule has 0 saturated carbocycles. The topological polar surface area (TPSA) is 38.7 Å². The molecule has 0 atom stereocenters. The Bertz CT molecular complexity index is 818. The van der Waals surface area contributed by atoms with E-state index in [0.717, 1.165) is 6.07 Å².